The van der Waals surface area contributed by atoms with E-state index in [-0.39, 0.29) is 23.8 Å². The molecule has 0 amide bonds. The van der Waals surface area contributed by atoms with Gasteiger partial charge in [0.2, 0.25) is 10.0 Å². The lowest BCUT2D eigenvalue weighted by Gasteiger charge is -2.30. The smallest absolute Gasteiger partial charge is 0.320 e. The Hall–Kier alpha value is -1.44. The molecule has 1 saturated heterocycles. The van der Waals surface area contributed by atoms with E-state index in [9.17, 15) is 18.3 Å². The summed E-state index contributed by atoms with van der Waals surface area (Å²) in [5.41, 5.74) is 2.86. The highest BCUT2D eigenvalue weighted by molar-refractivity contribution is 7.89. The lowest BCUT2D eigenvalue weighted by atomic mass is 9.89. The van der Waals surface area contributed by atoms with Crippen molar-refractivity contribution in [2.75, 3.05) is 13.1 Å². The maximum Gasteiger partial charge on any atom is 0.320 e. The summed E-state index contributed by atoms with van der Waals surface area (Å²) < 4.78 is 30.8. The number of rotatable bonds is 11. The van der Waals surface area contributed by atoms with E-state index in [1.165, 1.54) is 0 Å². The van der Waals surface area contributed by atoms with Gasteiger partial charge in [0.1, 0.15) is 6.04 Å². The molecule has 2 rings (SSSR count). The molecule has 2 N–H and O–H groups in total. The van der Waals surface area contributed by atoms with Crippen LogP contribution in [0.1, 0.15) is 109 Å². The standard InChI is InChI=1S/C26H44N2O4S/c1-16(2)12-21(15-28-11-9-10-24(28)26(29)30)27-33(31,32)25-22(18(5)6)13-20(17(3)4)14-23(25)19(7)8/h13-14,16-19,21,24,27H,9-12,15H2,1-8H3,(H,29,30)/t21-,24-/m0/s1. The van der Waals surface area contributed by atoms with E-state index >= 15 is 0 Å². The maximum atomic E-state index is 13.9. The second kappa shape index (κ2) is 11.3. The summed E-state index contributed by atoms with van der Waals surface area (Å²) in [6.07, 6.45) is 2.09. The number of likely N-dealkylation sites (tertiary alicyclic amines) is 1. The number of hydrogen-bond donors (Lipinski definition) is 2. The van der Waals surface area contributed by atoms with Crippen molar-refractivity contribution in [3.8, 4) is 0 Å². The van der Waals surface area contributed by atoms with E-state index in [1.54, 1.807) is 0 Å². The van der Waals surface area contributed by atoms with Crippen LogP contribution < -0.4 is 4.72 Å². The number of aliphatic carboxylic acids is 1. The fourth-order valence-corrected chi connectivity index (χ4v) is 6.75. The van der Waals surface area contributed by atoms with Crippen molar-refractivity contribution in [3.63, 3.8) is 0 Å². The Labute approximate surface area is 201 Å². The van der Waals surface area contributed by atoms with Crippen molar-refractivity contribution in [1.82, 2.24) is 9.62 Å². The largest absolute Gasteiger partial charge is 0.480 e. The first-order chi connectivity index (χ1) is 15.2. The first-order valence-corrected chi connectivity index (χ1v) is 13.9. The van der Waals surface area contributed by atoms with Gasteiger partial charge in [0, 0.05) is 12.6 Å². The van der Waals surface area contributed by atoms with Crippen LogP contribution >= 0.6 is 0 Å². The van der Waals surface area contributed by atoms with E-state index < -0.39 is 22.0 Å². The molecular weight excluding hydrogens is 436 g/mol. The first kappa shape index (κ1) is 27.8. The minimum atomic E-state index is -3.80. The molecule has 0 spiro atoms. The number of carboxylic acid groups (broad SMARTS) is 1. The molecule has 0 saturated carbocycles. The van der Waals surface area contributed by atoms with Gasteiger partial charge in [0.15, 0.2) is 0 Å². The number of nitrogens with zero attached hydrogens (tertiary/aromatic N) is 1. The number of carboxylic acids is 1. The minimum Gasteiger partial charge on any atom is -0.480 e. The number of benzene rings is 1. The summed E-state index contributed by atoms with van der Waals surface area (Å²) in [6, 6.07) is 3.22. The molecule has 2 atom stereocenters. The highest BCUT2D eigenvalue weighted by atomic mass is 32.2. The average molecular weight is 481 g/mol. The second-order valence-corrected chi connectivity index (χ2v) is 12.6. The number of sulfonamides is 1. The molecule has 0 aliphatic carbocycles. The number of carbonyl (C=O) groups is 1. The van der Waals surface area contributed by atoms with E-state index in [2.05, 4.69) is 32.4 Å². The number of hydrogen-bond acceptors (Lipinski definition) is 4. The van der Waals surface area contributed by atoms with Crippen LogP contribution in [0.4, 0.5) is 0 Å². The van der Waals surface area contributed by atoms with E-state index in [4.69, 9.17) is 0 Å². The first-order valence-electron chi connectivity index (χ1n) is 12.4. The Morgan fingerprint density at radius 2 is 1.58 bits per heavy atom. The van der Waals surface area contributed by atoms with E-state index in [0.29, 0.717) is 36.7 Å². The summed E-state index contributed by atoms with van der Waals surface area (Å²) in [5.74, 6) is -0.118. The summed E-state index contributed by atoms with van der Waals surface area (Å²) >= 11 is 0. The zero-order valence-electron chi connectivity index (χ0n) is 21.7. The molecule has 1 aliphatic rings. The zero-order chi connectivity index (χ0) is 25.1. The van der Waals surface area contributed by atoms with Gasteiger partial charge in [-0.2, -0.15) is 0 Å². The summed E-state index contributed by atoms with van der Waals surface area (Å²) in [6.45, 7) is 17.6. The molecule has 1 aromatic rings. The molecule has 33 heavy (non-hydrogen) atoms. The van der Waals surface area contributed by atoms with Crippen molar-refractivity contribution >= 4 is 16.0 Å². The molecule has 6 nitrogen and oxygen atoms in total. The van der Waals surface area contributed by atoms with Crippen LogP contribution in [0.25, 0.3) is 0 Å². The van der Waals surface area contributed by atoms with Crippen LogP contribution in [0.15, 0.2) is 17.0 Å². The third-order valence-electron chi connectivity index (χ3n) is 6.53. The second-order valence-electron chi connectivity index (χ2n) is 10.9. The lowest BCUT2D eigenvalue weighted by molar-refractivity contribution is -0.142. The van der Waals surface area contributed by atoms with Crippen LogP contribution in [0.5, 0.6) is 0 Å². The lowest BCUT2D eigenvalue weighted by Crippen LogP contribution is -2.47. The van der Waals surface area contributed by atoms with Crippen molar-refractivity contribution in [3.05, 3.63) is 28.8 Å². The maximum absolute atomic E-state index is 13.9. The Morgan fingerprint density at radius 1 is 1.03 bits per heavy atom. The highest BCUT2D eigenvalue weighted by Gasteiger charge is 2.34. The monoisotopic (exact) mass is 480 g/mol. The Bertz CT molecular complexity index is 893. The Balaban J connectivity index is 2.50. The van der Waals surface area contributed by atoms with Gasteiger partial charge in [-0.25, -0.2) is 13.1 Å². The Kier molecular flexibility index (Phi) is 9.54. The van der Waals surface area contributed by atoms with Crippen LogP contribution in [0, 0.1) is 5.92 Å². The van der Waals surface area contributed by atoms with Gasteiger partial charge in [-0.15, -0.1) is 0 Å². The van der Waals surface area contributed by atoms with Crippen molar-refractivity contribution < 1.29 is 18.3 Å². The molecule has 7 heteroatoms. The third-order valence-corrected chi connectivity index (χ3v) is 8.18. The van der Waals surface area contributed by atoms with Crippen molar-refractivity contribution in [1.29, 1.82) is 0 Å². The molecule has 1 aliphatic heterocycles. The third kappa shape index (κ3) is 7.03. The van der Waals surface area contributed by atoms with Gasteiger partial charge in [-0.1, -0.05) is 67.5 Å². The van der Waals surface area contributed by atoms with Gasteiger partial charge >= 0.3 is 5.97 Å². The van der Waals surface area contributed by atoms with Gasteiger partial charge in [-0.3, -0.25) is 9.69 Å². The molecule has 0 bridgehead atoms. The van der Waals surface area contributed by atoms with E-state index in [1.807, 2.05) is 44.7 Å². The topological polar surface area (TPSA) is 86.7 Å². The van der Waals surface area contributed by atoms with Crippen LogP contribution in [-0.2, 0) is 14.8 Å². The highest BCUT2D eigenvalue weighted by Crippen LogP contribution is 2.35. The summed E-state index contributed by atoms with van der Waals surface area (Å²) in [7, 11) is -3.80. The van der Waals surface area contributed by atoms with Gasteiger partial charge in [0.25, 0.3) is 0 Å². The summed E-state index contributed by atoms with van der Waals surface area (Å²) in [4.78, 5) is 14.0. The SMILES string of the molecule is CC(C)C[C@@H](CN1CCC[C@H]1C(=O)O)NS(=O)(=O)c1c(C(C)C)cc(C(C)C)cc1C(C)C. The molecule has 1 heterocycles. The van der Waals surface area contributed by atoms with Crippen LogP contribution in [0.3, 0.4) is 0 Å². The molecule has 0 unspecified atom stereocenters. The molecule has 0 aromatic heterocycles. The van der Waals surface area contributed by atoms with Crippen LogP contribution in [0.2, 0.25) is 0 Å². The molecular formula is C26H44N2O4S. The predicted octanol–water partition coefficient (Wildman–Crippen LogP) is 5.30. The van der Waals surface area contributed by atoms with Gasteiger partial charge in [0.05, 0.1) is 4.90 Å². The zero-order valence-corrected chi connectivity index (χ0v) is 22.5. The van der Waals surface area contributed by atoms with Crippen LogP contribution in [-0.4, -0.2) is 49.6 Å². The number of nitrogens with one attached hydrogen (secondary N) is 1. The van der Waals surface area contributed by atoms with Crippen molar-refractivity contribution in [2.45, 2.75) is 109 Å². The minimum absolute atomic E-state index is 0.0614. The quantitative estimate of drug-likeness (QED) is 0.449. The fourth-order valence-electron chi connectivity index (χ4n) is 4.81. The molecule has 0 radical (unpaired) electrons. The molecule has 1 fully saturated rings. The van der Waals surface area contributed by atoms with Gasteiger partial charge in [-0.05, 0) is 66.2 Å². The van der Waals surface area contributed by atoms with Gasteiger partial charge < -0.3 is 5.11 Å². The predicted molar refractivity (Wildman–Crippen MR) is 135 cm³/mol. The fraction of sp³-hybridized carbons (Fsp3) is 0.731. The van der Waals surface area contributed by atoms with E-state index in [0.717, 1.165) is 23.1 Å². The molecule has 188 valence electrons. The molecule has 1 aromatic carbocycles. The Morgan fingerprint density at radius 3 is 2.00 bits per heavy atom. The summed E-state index contributed by atoms with van der Waals surface area (Å²) in [5, 5.41) is 9.57. The normalized spacial score (nSPS) is 18.7. The average Bonchev–Trinajstić information content (AvgIpc) is 3.14. The van der Waals surface area contributed by atoms with Crippen molar-refractivity contribution in [2.24, 2.45) is 5.92 Å².